The Hall–Kier alpha value is -1.66. The van der Waals surface area contributed by atoms with Crippen LogP contribution in [0.4, 0.5) is 10.5 Å². The summed E-state index contributed by atoms with van der Waals surface area (Å²) in [7, 11) is 0. The maximum Gasteiger partial charge on any atom is 0.319 e. The second-order valence-electron chi connectivity index (χ2n) is 4.83. The molecule has 2 N–H and O–H groups in total. The zero-order valence-electron chi connectivity index (χ0n) is 11.9. The quantitative estimate of drug-likeness (QED) is 0.824. The highest BCUT2D eigenvalue weighted by Gasteiger charge is 2.06. The minimum atomic E-state index is -0.267. The number of nitrogens with one attached hydrogen (secondary N) is 2. The number of carbonyl (C=O) groups excluding carboxylic acids is 1. The summed E-state index contributed by atoms with van der Waals surface area (Å²) in [6, 6.07) is 3.01. The summed E-state index contributed by atoms with van der Waals surface area (Å²) in [6.45, 7) is 4.77. The van der Waals surface area contributed by atoms with E-state index in [-0.39, 0.29) is 6.03 Å². The van der Waals surface area contributed by atoms with Crippen LogP contribution in [0.5, 0.6) is 0 Å². The van der Waals surface area contributed by atoms with Crippen molar-refractivity contribution in [3.05, 3.63) is 39.6 Å². The van der Waals surface area contributed by atoms with Crippen molar-refractivity contribution in [3.8, 4) is 0 Å². The van der Waals surface area contributed by atoms with Crippen LogP contribution >= 0.6 is 22.9 Å². The van der Waals surface area contributed by atoms with E-state index in [4.69, 9.17) is 11.6 Å². The van der Waals surface area contributed by atoms with Crippen LogP contribution in [0.15, 0.2) is 23.7 Å². The number of halogens is 1. The van der Waals surface area contributed by atoms with Crippen molar-refractivity contribution in [1.29, 1.82) is 0 Å². The van der Waals surface area contributed by atoms with E-state index in [9.17, 15) is 4.79 Å². The number of aromatic nitrogens is 2. The number of pyridine rings is 1. The van der Waals surface area contributed by atoms with Gasteiger partial charge >= 0.3 is 6.03 Å². The van der Waals surface area contributed by atoms with E-state index >= 15 is 0 Å². The Bertz CT molecular complexity index is 615. The SMILES string of the molecule is CC(C)c1nc(CCNC(=O)Nc2ccnc(Cl)c2)cs1. The number of anilines is 1. The maximum absolute atomic E-state index is 11.7. The largest absolute Gasteiger partial charge is 0.337 e. The normalized spacial score (nSPS) is 10.7. The third-order valence-electron chi connectivity index (χ3n) is 2.71. The molecule has 112 valence electrons. The van der Waals surface area contributed by atoms with E-state index in [1.165, 1.54) is 0 Å². The van der Waals surface area contributed by atoms with Crippen molar-refractivity contribution in [1.82, 2.24) is 15.3 Å². The lowest BCUT2D eigenvalue weighted by Crippen LogP contribution is -2.30. The van der Waals surface area contributed by atoms with Gasteiger partial charge in [0, 0.05) is 36.1 Å². The monoisotopic (exact) mass is 324 g/mol. The number of amides is 2. The summed E-state index contributed by atoms with van der Waals surface area (Å²) >= 11 is 7.41. The molecule has 0 atom stereocenters. The average molecular weight is 325 g/mol. The van der Waals surface area contributed by atoms with Gasteiger partial charge < -0.3 is 10.6 Å². The first kappa shape index (κ1) is 15.7. The molecule has 2 aromatic rings. The number of rotatable bonds is 5. The van der Waals surface area contributed by atoms with Crippen LogP contribution in [0.2, 0.25) is 5.15 Å². The molecule has 0 saturated heterocycles. The van der Waals surface area contributed by atoms with Crippen molar-refractivity contribution in [2.45, 2.75) is 26.2 Å². The molecule has 0 spiro atoms. The summed E-state index contributed by atoms with van der Waals surface area (Å²) in [6.07, 6.45) is 2.26. The van der Waals surface area contributed by atoms with Gasteiger partial charge in [-0.25, -0.2) is 14.8 Å². The molecular weight excluding hydrogens is 308 g/mol. The Labute approximate surface area is 132 Å². The molecule has 5 nitrogen and oxygen atoms in total. The van der Waals surface area contributed by atoms with Crippen LogP contribution in [0.25, 0.3) is 0 Å². The fourth-order valence-corrected chi connectivity index (χ4v) is 2.71. The molecule has 0 aromatic carbocycles. The lowest BCUT2D eigenvalue weighted by atomic mass is 10.2. The van der Waals surface area contributed by atoms with Gasteiger partial charge in [-0.15, -0.1) is 11.3 Å². The fraction of sp³-hybridized carbons (Fsp3) is 0.357. The highest BCUT2D eigenvalue weighted by atomic mass is 35.5. The molecule has 21 heavy (non-hydrogen) atoms. The first-order chi connectivity index (χ1) is 10.0. The third kappa shape index (κ3) is 4.99. The van der Waals surface area contributed by atoms with E-state index < -0.39 is 0 Å². The smallest absolute Gasteiger partial charge is 0.319 e. The topological polar surface area (TPSA) is 66.9 Å². The number of nitrogens with zero attached hydrogens (tertiary/aromatic N) is 2. The van der Waals surface area contributed by atoms with Crippen LogP contribution in [-0.2, 0) is 6.42 Å². The third-order valence-corrected chi connectivity index (χ3v) is 4.12. The molecule has 0 aliphatic carbocycles. The lowest BCUT2D eigenvalue weighted by Gasteiger charge is -2.06. The Morgan fingerprint density at radius 2 is 2.29 bits per heavy atom. The summed E-state index contributed by atoms with van der Waals surface area (Å²) < 4.78 is 0. The van der Waals surface area contributed by atoms with Gasteiger partial charge in [0.2, 0.25) is 0 Å². The molecule has 0 fully saturated rings. The van der Waals surface area contributed by atoms with Gasteiger partial charge in [-0.3, -0.25) is 0 Å². The van der Waals surface area contributed by atoms with Crippen molar-refractivity contribution < 1.29 is 4.79 Å². The molecule has 7 heteroatoms. The minimum Gasteiger partial charge on any atom is -0.337 e. The standard InChI is InChI=1S/C14H17ClN4OS/c1-9(2)13-18-11(8-21-13)4-6-17-14(20)19-10-3-5-16-12(15)7-10/h3,5,7-9H,4,6H2,1-2H3,(H2,16,17,19,20). The molecular formula is C14H17ClN4OS. The van der Waals surface area contributed by atoms with Crippen molar-refractivity contribution in [3.63, 3.8) is 0 Å². The van der Waals surface area contributed by atoms with Gasteiger partial charge in [-0.2, -0.15) is 0 Å². The molecule has 0 bridgehead atoms. The number of thiazole rings is 1. The molecule has 2 aromatic heterocycles. The predicted octanol–water partition coefficient (Wildman–Crippen LogP) is 3.68. The van der Waals surface area contributed by atoms with Gasteiger partial charge in [0.15, 0.2) is 0 Å². The summed E-state index contributed by atoms with van der Waals surface area (Å²) in [4.78, 5) is 20.1. The first-order valence-electron chi connectivity index (χ1n) is 6.65. The molecule has 0 aliphatic rings. The van der Waals surface area contributed by atoms with Crippen LogP contribution < -0.4 is 10.6 Å². The van der Waals surface area contributed by atoms with Crippen molar-refractivity contribution in [2.24, 2.45) is 0 Å². The predicted molar refractivity (Wildman–Crippen MR) is 86.2 cm³/mol. The van der Waals surface area contributed by atoms with E-state index in [1.807, 2.05) is 5.38 Å². The Balaban J connectivity index is 1.76. The van der Waals surface area contributed by atoms with E-state index in [1.54, 1.807) is 29.7 Å². The molecule has 2 amide bonds. The molecule has 2 heterocycles. The second-order valence-corrected chi connectivity index (χ2v) is 6.11. The van der Waals surface area contributed by atoms with Crippen LogP contribution in [0.3, 0.4) is 0 Å². The average Bonchev–Trinajstić information content (AvgIpc) is 2.87. The van der Waals surface area contributed by atoms with E-state index in [0.29, 0.717) is 29.7 Å². The number of carbonyl (C=O) groups is 1. The molecule has 0 aliphatic heterocycles. The van der Waals surface area contributed by atoms with Gasteiger partial charge in [0.05, 0.1) is 10.7 Å². The van der Waals surface area contributed by atoms with Crippen LogP contribution in [0.1, 0.15) is 30.5 Å². The molecule has 0 unspecified atom stereocenters. The number of urea groups is 1. The van der Waals surface area contributed by atoms with Gasteiger partial charge in [0.1, 0.15) is 5.15 Å². The van der Waals surface area contributed by atoms with E-state index in [2.05, 4.69) is 34.4 Å². The Morgan fingerprint density at radius 1 is 1.48 bits per heavy atom. The molecule has 2 rings (SSSR count). The molecule has 0 saturated carbocycles. The van der Waals surface area contributed by atoms with Crippen LogP contribution in [0, 0.1) is 0 Å². The molecule has 0 radical (unpaired) electrons. The number of hydrogen-bond acceptors (Lipinski definition) is 4. The first-order valence-corrected chi connectivity index (χ1v) is 7.91. The minimum absolute atomic E-state index is 0.267. The highest BCUT2D eigenvalue weighted by Crippen LogP contribution is 2.19. The summed E-state index contributed by atoms with van der Waals surface area (Å²) in [5, 5.41) is 9.00. The Morgan fingerprint density at radius 3 is 2.95 bits per heavy atom. The summed E-state index contributed by atoms with van der Waals surface area (Å²) in [5.41, 5.74) is 1.62. The Kier molecular flexibility index (Phi) is 5.52. The van der Waals surface area contributed by atoms with Crippen molar-refractivity contribution in [2.75, 3.05) is 11.9 Å². The lowest BCUT2D eigenvalue weighted by molar-refractivity contribution is 0.252. The van der Waals surface area contributed by atoms with Gasteiger partial charge in [0.25, 0.3) is 0 Å². The zero-order chi connectivity index (χ0) is 15.2. The van der Waals surface area contributed by atoms with Gasteiger partial charge in [-0.1, -0.05) is 25.4 Å². The number of hydrogen-bond donors (Lipinski definition) is 2. The van der Waals surface area contributed by atoms with E-state index in [0.717, 1.165) is 10.7 Å². The highest BCUT2D eigenvalue weighted by molar-refractivity contribution is 7.09. The maximum atomic E-state index is 11.7. The van der Waals surface area contributed by atoms with Gasteiger partial charge in [-0.05, 0) is 12.1 Å². The second kappa shape index (κ2) is 7.38. The van der Waals surface area contributed by atoms with Crippen molar-refractivity contribution >= 4 is 34.7 Å². The zero-order valence-corrected chi connectivity index (χ0v) is 13.5. The fourth-order valence-electron chi connectivity index (χ4n) is 1.66. The van der Waals surface area contributed by atoms with Crippen LogP contribution in [-0.4, -0.2) is 22.5 Å². The summed E-state index contributed by atoms with van der Waals surface area (Å²) in [5.74, 6) is 0.441.